The fourth-order valence-electron chi connectivity index (χ4n) is 3.34. The lowest BCUT2D eigenvalue weighted by Crippen LogP contribution is -2.56. The Morgan fingerprint density at radius 3 is 2.22 bits per heavy atom. The number of carbonyl (C=O) groups is 2. The van der Waals surface area contributed by atoms with Gasteiger partial charge in [-0.1, -0.05) is 26.0 Å². The average Bonchev–Trinajstić information content (AvgIpc) is 2.68. The highest BCUT2D eigenvalue weighted by Crippen LogP contribution is 2.27. The predicted octanol–water partition coefficient (Wildman–Crippen LogP) is 1.76. The van der Waals surface area contributed by atoms with E-state index in [0.717, 1.165) is 18.7 Å². The van der Waals surface area contributed by atoms with Crippen LogP contribution < -0.4 is 5.32 Å². The zero-order valence-corrected chi connectivity index (χ0v) is 16.2. The van der Waals surface area contributed by atoms with Gasteiger partial charge in [-0.15, -0.1) is 0 Å². The third-order valence-electron chi connectivity index (χ3n) is 5.09. The van der Waals surface area contributed by atoms with Crippen molar-refractivity contribution in [2.45, 2.75) is 38.6 Å². The van der Waals surface area contributed by atoms with Crippen LogP contribution in [-0.2, 0) is 9.59 Å². The highest BCUT2D eigenvalue weighted by atomic mass is 16.6. The van der Waals surface area contributed by atoms with E-state index in [1.54, 1.807) is 24.0 Å². The number of nitro benzene ring substituents is 1. The highest BCUT2D eigenvalue weighted by molar-refractivity contribution is 5.88. The van der Waals surface area contributed by atoms with Crippen LogP contribution in [0, 0.1) is 10.1 Å². The molecule has 148 valence electrons. The molecule has 2 amide bonds. The number of amides is 2. The first-order valence-electron chi connectivity index (χ1n) is 9.38. The van der Waals surface area contributed by atoms with Gasteiger partial charge < -0.3 is 15.1 Å². The molecule has 0 spiro atoms. The van der Waals surface area contributed by atoms with Crippen LogP contribution in [0.1, 0.15) is 38.2 Å². The van der Waals surface area contributed by atoms with Crippen molar-refractivity contribution >= 4 is 17.5 Å². The average molecular weight is 376 g/mol. The van der Waals surface area contributed by atoms with E-state index in [2.05, 4.69) is 10.2 Å². The lowest BCUT2D eigenvalue weighted by molar-refractivity contribution is -0.384. The second kappa shape index (κ2) is 9.45. The van der Waals surface area contributed by atoms with Crippen LogP contribution in [0.15, 0.2) is 24.3 Å². The number of non-ortho nitro benzene ring substituents is 1. The molecule has 8 heteroatoms. The van der Waals surface area contributed by atoms with E-state index in [1.807, 2.05) is 14.0 Å². The number of nitrogens with zero attached hydrogens (tertiary/aromatic N) is 3. The third kappa shape index (κ3) is 5.26. The van der Waals surface area contributed by atoms with Gasteiger partial charge >= 0.3 is 0 Å². The maximum Gasteiger partial charge on any atom is 0.269 e. The summed E-state index contributed by atoms with van der Waals surface area (Å²) in [5.41, 5.74) is 0.820. The molecule has 0 radical (unpaired) electrons. The molecule has 0 unspecified atom stereocenters. The molecule has 2 rings (SSSR count). The Balaban J connectivity index is 2.27. The molecule has 1 saturated heterocycles. The van der Waals surface area contributed by atoms with Gasteiger partial charge in [-0.25, -0.2) is 0 Å². The Hall–Kier alpha value is -2.48. The molecule has 1 aliphatic rings. The normalized spacial score (nSPS) is 17.2. The molecule has 0 aromatic heterocycles. The summed E-state index contributed by atoms with van der Waals surface area (Å²) in [6, 6.07) is 5.56. The van der Waals surface area contributed by atoms with E-state index in [-0.39, 0.29) is 23.4 Å². The minimum atomic E-state index is -0.674. The maximum atomic E-state index is 13.2. The third-order valence-corrected chi connectivity index (χ3v) is 5.09. The molecule has 1 heterocycles. The highest BCUT2D eigenvalue weighted by Gasteiger charge is 2.34. The monoisotopic (exact) mass is 376 g/mol. The Morgan fingerprint density at radius 2 is 1.74 bits per heavy atom. The number of benzene rings is 1. The number of rotatable bonds is 7. The lowest BCUT2D eigenvalue weighted by atomic mass is 9.87. The van der Waals surface area contributed by atoms with Gasteiger partial charge in [-0.05, 0) is 19.0 Å². The molecule has 0 aliphatic carbocycles. The number of carbonyl (C=O) groups excluding carboxylic acids is 2. The molecule has 1 aromatic rings. The summed E-state index contributed by atoms with van der Waals surface area (Å²) < 4.78 is 0. The molecule has 8 nitrogen and oxygen atoms in total. The number of nitrogens with one attached hydrogen (secondary N) is 1. The van der Waals surface area contributed by atoms with Crippen molar-refractivity contribution in [1.82, 2.24) is 15.1 Å². The summed E-state index contributed by atoms with van der Waals surface area (Å²) >= 11 is 0. The minimum absolute atomic E-state index is 0.00754. The van der Waals surface area contributed by atoms with Crippen molar-refractivity contribution in [3.05, 3.63) is 39.9 Å². The largest absolute Gasteiger partial charge is 0.344 e. The molecule has 1 fully saturated rings. The van der Waals surface area contributed by atoms with Crippen molar-refractivity contribution in [3.8, 4) is 0 Å². The fourth-order valence-corrected chi connectivity index (χ4v) is 3.34. The summed E-state index contributed by atoms with van der Waals surface area (Å²) in [7, 11) is 2.02. The van der Waals surface area contributed by atoms with Crippen LogP contribution in [-0.4, -0.2) is 65.8 Å². The summed E-state index contributed by atoms with van der Waals surface area (Å²) in [6.45, 7) is 6.56. The lowest BCUT2D eigenvalue weighted by Gasteiger charge is -2.37. The second-order valence-corrected chi connectivity index (χ2v) is 6.89. The Morgan fingerprint density at radius 1 is 1.15 bits per heavy atom. The van der Waals surface area contributed by atoms with Gasteiger partial charge in [0.25, 0.3) is 5.69 Å². The maximum absolute atomic E-state index is 13.2. The molecule has 27 heavy (non-hydrogen) atoms. The van der Waals surface area contributed by atoms with E-state index in [9.17, 15) is 19.7 Å². The van der Waals surface area contributed by atoms with Crippen LogP contribution in [0.4, 0.5) is 5.69 Å². The molecule has 1 aliphatic heterocycles. The van der Waals surface area contributed by atoms with Crippen molar-refractivity contribution in [2.75, 3.05) is 33.2 Å². The van der Waals surface area contributed by atoms with Crippen LogP contribution >= 0.6 is 0 Å². The summed E-state index contributed by atoms with van der Waals surface area (Å²) in [6.07, 6.45) is 0.926. The molecule has 0 saturated carbocycles. The first-order chi connectivity index (χ1) is 12.9. The molecular formula is C19H28N4O4. The number of likely N-dealkylation sites (N-methyl/N-ethyl adjacent to an activating group) is 1. The number of nitro groups is 1. The number of hydrogen-bond donors (Lipinski definition) is 1. The van der Waals surface area contributed by atoms with Crippen molar-refractivity contribution in [2.24, 2.45) is 0 Å². The smallest absolute Gasteiger partial charge is 0.269 e. The SMILES string of the molecule is CCC(=O)N[C@@H](C(=O)N1CCN(C)CC1)[C@@H](CC)c1ccc([N+](=O)[O-])cc1. The molecule has 0 bridgehead atoms. The Bertz CT molecular complexity index is 669. The molecular weight excluding hydrogens is 348 g/mol. The van der Waals surface area contributed by atoms with E-state index < -0.39 is 11.0 Å². The van der Waals surface area contributed by atoms with Gasteiger partial charge in [0.15, 0.2) is 0 Å². The van der Waals surface area contributed by atoms with Crippen LogP contribution in [0.2, 0.25) is 0 Å². The van der Waals surface area contributed by atoms with E-state index in [1.165, 1.54) is 12.1 Å². The zero-order chi connectivity index (χ0) is 20.0. The van der Waals surface area contributed by atoms with Crippen LogP contribution in [0.25, 0.3) is 0 Å². The van der Waals surface area contributed by atoms with Crippen LogP contribution in [0.5, 0.6) is 0 Å². The molecule has 2 atom stereocenters. The van der Waals surface area contributed by atoms with Gasteiger partial charge in [0.1, 0.15) is 6.04 Å². The van der Waals surface area contributed by atoms with Crippen molar-refractivity contribution < 1.29 is 14.5 Å². The quantitative estimate of drug-likeness (QED) is 0.578. The second-order valence-electron chi connectivity index (χ2n) is 6.89. The summed E-state index contributed by atoms with van der Waals surface area (Å²) in [5.74, 6) is -0.508. The van der Waals surface area contributed by atoms with Gasteiger partial charge in [0.05, 0.1) is 4.92 Å². The topological polar surface area (TPSA) is 95.8 Å². The van der Waals surface area contributed by atoms with Gasteiger partial charge in [0, 0.05) is 50.7 Å². The van der Waals surface area contributed by atoms with Crippen LogP contribution in [0.3, 0.4) is 0 Å². The first kappa shape index (κ1) is 20.8. The minimum Gasteiger partial charge on any atom is -0.344 e. The van der Waals surface area contributed by atoms with Gasteiger partial charge in [0.2, 0.25) is 11.8 Å². The zero-order valence-electron chi connectivity index (χ0n) is 16.2. The summed E-state index contributed by atoms with van der Waals surface area (Å²) in [5, 5.41) is 13.8. The fraction of sp³-hybridized carbons (Fsp3) is 0.579. The van der Waals surface area contributed by atoms with Crippen molar-refractivity contribution in [1.29, 1.82) is 0 Å². The molecule has 1 N–H and O–H groups in total. The van der Waals surface area contributed by atoms with Gasteiger partial charge in [-0.2, -0.15) is 0 Å². The van der Waals surface area contributed by atoms with E-state index in [4.69, 9.17) is 0 Å². The van der Waals surface area contributed by atoms with E-state index in [0.29, 0.717) is 25.9 Å². The number of piperazine rings is 1. The Kier molecular flexibility index (Phi) is 7.29. The van der Waals surface area contributed by atoms with Gasteiger partial charge in [-0.3, -0.25) is 19.7 Å². The number of hydrogen-bond acceptors (Lipinski definition) is 5. The first-order valence-corrected chi connectivity index (χ1v) is 9.38. The Labute approximate surface area is 159 Å². The standard InChI is InChI=1S/C19H28N4O4/c1-4-16(14-6-8-15(9-7-14)23(26)27)18(20-17(24)5-2)19(25)22-12-10-21(3)11-13-22/h6-9,16,18H,4-5,10-13H2,1-3H3,(H,20,24)/t16-,18+/m0/s1. The predicted molar refractivity (Wildman–Crippen MR) is 102 cm³/mol. The van der Waals surface area contributed by atoms with Crippen molar-refractivity contribution in [3.63, 3.8) is 0 Å². The summed E-state index contributed by atoms with van der Waals surface area (Å²) in [4.78, 5) is 39.7. The van der Waals surface area contributed by atoms with E-state index >= 15 is 0 Å². The molecule has 1 aromatic carbocycles.